The maximum Gasteiger partial charge on any atom is 0.184 e. The SMILES string of the molecule is C[Si](C)(C)O[C@@]12CC3OC4(CCCCC4)O[C@H]3[C@@H](C1)OC2O. The van der Waals surface area contributed by atoms with Gasteiger partial charge in [0.05, 0.1) is 12.2 Å². The van der Waals surface area contributed by atoms with E-state index in [1.54, 1.807) is 0 Å². The summed E-state index contributed by atoms with van der Waals surface area (Å²) in [6, 6.07) is 0. The lowest BCUT2D eigenvalue weighted by atomic mass is 9.82. The van der Waals surface area contributed by atoms with Crippen molar-refractivity contribution < 1.29 is 23.7 Å². The molecule has 0 aromatic rings. The first kappa shape index (κ1) is 15.5. The first-order chi connectivity index (χ1) is 10.3. The lowest BCUT2D eigenvalue weighted by molar-refractivity contribution is -0.219. The zero-order valence-corrected chi connectivity index (χ0v) is 14.8. The predicted molar refractivity (Wildman–Crippen MR) is 82.8 cm³/mol. The van der Waals surface area contributed by atoms with E-state index in [1.807, 2.05) is 0 Å². The minimum absolute atomic E-state index is 0.00894. The summed E-state index contributed by atoms with van der Waals surface area (Å²) in [6.07, 6.45) is 5.96. The second-order valence-corrected chi connectivity index (χ2v) is 12.9. The molecule has 2 aliphatic carbocycles. The number of hydrogen-bond acceptors (Lipinski definition) is 5. The zero-order chi connectivity index (χ0) is 15.6. The highest BCUT2D eigenvalue weighted by molar-refractivity contribution is 6.69. The van der Waals surface area contributed by atoms with Gasteiger partial charge < -0.3 is 23.7 Å². The molecule has 2 saturated carbocycles. The summed E-state index contributed by atoms with van der Waals surface area (Å²) in [5.74, 6) is -0.396. The molecule has 2 saturated heterocycles. The van der Waals surface area contributed by atoms with E-state index in [0.29, 0.717) is 6.42 Å². The second kappa shape index (κ2) is 5.01. The summed E-state index contributed by atoms with van der Waals surface area (Å²) in [7, 11) is -1.78. The van der Waals surface area contributed by atoms with Crippen molar-refractivity contribution in [1.82, 2.24) is 0 Å². The van der Waals surface area contributed by atoms with Crippen molar-refractivity contribution in [2.75, 3.05) is 0 Å². The third-order valence-corrected chi connectivity index (χ3v) is 6.44. The van der Waals surface area contributed by atoms with E-state index in [9.17, 15) is 5.11 Å². The molecule has 4 rings (SSSR count). The average molecular weight is 328 g/mol. The van der Waals surface area contributed by atoms with Crippen LogP contribution in [0.2, 0.25) is 19.6 Å². The molecule has 0 aromatic carbocycles. The zero-order valence-electron chi connectivity index (χ0n) is 13.8. The first-order valence-corrected chi connectivity index (χ1v) is 12.1. The number of ether oxygens (including phenoxy) is 3. The average Bonchev–Trinajstić information content (AvgIpc) is 2.87. The molecule has 0 radical (unpaired) electrons. The van der Waals surface area contributed by atoms with Crippen LogP contribution in [0.1, 0.15) is 44.9 Å². The van der Waals surface area contributed by atoms with E-state index < -0.39 is 26.0 Å². The molecule has 2 heterocycles. The number of aliphatic hydroxyl groups is 1. The normalized spacial score (nSPS) is 46.9. The Labute approximate surface area is 133 Å². The number of aliphatic hydroxyl groups excluding tert-OH is 1. The van der Waals surface area contributed by atoms with Crippen LogP contribution in [-0.4, -0.2) is 49.4 Å². The van der Waals surface area contributed by atoms with E-state index in [2.05, 4.69) is 19.6 Å². The van der Waals surface area contributed by atoms with Gasteiger partial charge in [-0.2, -0.15) is 0 Å². The van der Waals surface area contributed by atoms with E-state index >= 15 is 0 Å². The third kappa shape index (κ3) is 2.48. The van der Waals surface area contributed by atoms with Crippen molar-refractivity contribution in [2.45, 2.75) is 101 Å². The van der Waals surface area contributed by atoms with Crippen LogP contribution in [0.3, 0.4) is 0 Å². The summed E-state index contributed by atoms with van der Waals surface area (Å²) < 4.78 is 24.9. The van der Waals surface area contributed by atoms with Crippen LogP contribution in [-0.2, 0) is 18.6 Å². The van der Waals surface area contributed by atoms with Crippen molar-refractivity contribution >= 4 is 8.32 Å². The summed E-state index contributed by atoms with van der Waals surface area (Å²) in [5, 5.41) is 10.4. The van der Waals surface area contributed by atoms with Gasteiger partial charge in [0, 0.05) is 25.7 Å². The fourth-order valence-electron chi connectivity index (χ4n) is 4.73. The van der Waals surface area contributed by atoms with Crippen LogP contribution in [0.25, 0.3) is 0 Å². The largest absolute Gasteiger partial charge is 0.407 e. The molecule has 1 spiro atoms. The molecule has 4 fully saturated rings. The highest BCUT2D eigenvalue weighted by Crippen LogP contribution is 2.52. The quantitative estimate of drug-likeness (QED) is 0.790. The van der Waals surface area contributed by atoms with Crippen LogP contribution in [0.4, 0.5) is 0 Å². The fourth-order valence-corrected chi connectivity index (χ4v) is 6.22. The Morgan fingerprint density at radius 3 is 2.36 bits per heavy atom. The van der Waals surface area contributed by atoms with Gasteiger partial charge in [0.1, 0.15) is 11.7 Å². The molecule has 2 unspecified atom stereocenters. The molecule has 2 bridgehead atoms. The number of hydrogen-bond donors (Lipinski definition) is 1. The molecule has 0 aromatic heterocycles. The Morgan fingerprint density at radius 2 is 1.68 bits per heavy atom. The van der Waals surface area contributed by atoms with Crippen molar-refractivity contribution in [3.63, 3.8) is 0 Å². The van der Waals surface area contributed by atoms with Crippen molar-refractivity contribution in [3.05, 3.63) is 0 Å². The lowest BCUT2D eigenvalue weighted by Crippen LogP contribution is -2.54. The van der Waals surface area contributed by atoms with Gasteiger partial charge in [-0.3, -0.25) is 0 Å². The molecule has 126 valence electrons. The molecule has 2 aliphatic heterocycles. The smallest absolute Gasteiger partial charge is 0.184 e. The van der Waals surface area contributed by atoms with Gasteiger partial charge in [0.15, 0.2) is 20.4 Å². The van der Waals surface area contributed by atoms with Crippen molar-refractivity contribution in [1.29, 1.82) is 0 Å². The van der Waals surface area contributed by atoms with E-state index in [0.717, 1.165) is 19.3 Å². The number of fused-ring (bicyclic) bond motifs is 4. The molecule has 22 heavy (non-hydrogen) atoms. The van der Waals surface area contributed by atoms with Crippen LogP contribution in [0, 0.1) is 0 Å². The monoisotopic (exact) mass is 328 g/mol. The Hall–Kier alpha value is 0.0169. The Kier molecular flexibility index (Phi) is 3.54. The van der Waals surface area contributed by atoms with Crippen molar-refractivity contribution in [3.8, 4) is 0 Å². The standard InChI is InChI=1S/C16H28O5Si/c1-22(2,3)21-15-9-11(18-14(15)17)13-12(10-15)19-16(20-13)7-5-4-6-8-16/h11-14,17H,4-10H2,1-3H3/t11-,12?,13+,14?,15-/m1/s1. The van der Waals surface area contributed by atoms with E-state index in [4.69, 9.17) is 18.6 Å². The molecule has 5 atom stereocenters. The summed E-state index contributed by atoms with van der Waals surface area (Å²) in [6.45, 7) is 6.47. The number of rotatable bonds is 2. The summed E-state index contributed by atoms with van der Waals surface area (Å²) in [5.41, 5.74) is -0.597. The lowest BCUT2D eigenvalue weighted by Gasteiger charge is -2.41. The maximum atomic E-state index is 10.4. The Balaban J connectivity index is 1.56. The second-order valence-electron chi connectivity index (χ2n) is 8.42. The highest BCUT2D eigenvalue weighted by atomic mass is 28.4. The molecule has 5 nitrogen and oxygen atoms in total. The van der Waals surface area contributed by atoms with Gasteiger partial charge in [-0.05, 0) is 32.5 Å². The minimum atomic E-state index is -1.78. The Morgan fingerprint density at radius 1 is 1.00 bits per heavy atom. The van der Waals surface area contributed by atoms with E-state index in [-0.39, 0.29) is 18.3 Å². The van der Waals surface area contributed by atoms with Crippen LogP contribution >= 0.6 is 0 Å². The van der Waals surface area contributed by atoms with E-state index in [1.165, 1.54) is 19.3 Å². The van der Waals surface area contributed by atoms with Crippen LogP contribution in [0.15, 0.2) is 0 Å². The fraction of sp³-hybridized carbons (Fsp3) is 1.00. The van der Waals surface area contributed by atoms with Crippen molar-refractivity contribution in [2.24, 2.45) is 0 Å². The van der Waals surface area contributed by atoms with Crippen LogP contribution < -0.4 is 0 Å². The summed E-state index contributed by atoms with van der Waals surface area (Å²) in [4.78, 5) is 0. The highest BCUT2D eigenvalue weighted by Gasteiger charge is 2.64. The topological polar surface area (TPSA) is 57.2 Å². The first-order valence-electron chi connectivity index (χ1n) is 8.70. The molecule has 4 aliphatic rings. The van der Waals surface area contributed by atoms with Gasteiger partial charge in [-0.1, -0.05) is 6.42 Å². The maximum absolute atomic E-state index is 10.4. The predicted octanol–water partition coefficient (Wildman–Crippen LogP) is 2.53. The van der Waals surface area contributed by atoms with Gasteiger partial charge in [0.2, 0.25) is 0 Å². The molecular formula is C16H28O5Si. The van der Waals surface area contributed by atoms with Gasteiger partial charge in [-0.25, -0.2) is 0 Å². The van der Waals surface area contributed by atoms with Gasteiger partial charge in [-0.15, -0.1) is 0 Å². The minimum Gasteiger partial charge on any atom is -0.407 e. The third-order valence-electron chi connectivity index (χ3n) is 5.42. The van der Waals surface area contributed by atoms with Crippen LogP contribution in [0.5, 0.6) is 0 Å². The molecule has 1 N–H and O–H groups in total. The Bertz CT molecular complexity index is 444. The molecule has 0 amide bonds. The molecular weight excluding hydrogens is 300 g/mol. The van der Waals surface area contributed by atoms with Gasteiger partial charge >= 0.3 is 0 Å². The summed E-state index contributed by atoms with van der Waals surface area (Å²) >= 11 is 0. The molecule has 6 heteroatoms. The van der Waals surface area contributed by atoms with Gasteiger partial charge in [0.25, 0.3) is 0 Å².